The second-order valence-electron chi connectivity index (χ2n) is 7.79. The first kappa shape index (κ1) is 23.1. The van der Waals surface area contributed by atoms with Gasteiger partial charge in [-0.05, 0) is 30.9 Å². The lowest BCUT2D eigenvalue weighted by molar-refractivity contribution is -0.129. The van der Waals surface area contributed by atoms with Gasteiger partial charge in [0.05, 0.1) is 0 Å². The van der Waals surface area contributed by atoms with Crippen LogP contribution in [0.25, 0.3) is 6.08 Å². The van der Waals surface area contributed by atoms with Gasteiger partial charge in [0.2, 0.25) is 17.7 Å². The van der Waals surface area contributed by atoms with Crippen molar-refractivity contribution in [2.24, 2.45) is 15.9 Å². The van der Waals surface area contributed by atoms with Crippen LogP contribution in [0.2, 0.25) is 0 Å². The van der Waals surface area contributed by atoms with Crippen molar-refractivity contribution in [2.75, 3.05) is 20.6 Å². The van der Waals surface area contributed by atoms with Crippen molar-refractivity contribution in [3.05, 3.63) is 41.6 Å². The van der Waals surface area contributed by atoms with Crippen LogP contribution in [0.4, 0.5) is 0 Å². The van der Waals surface area contributed by atoms with Crippen LogP contribution in [0.3, 0.4) is 0 Å². The zero-order chi connectivity index (χ0) is 22.4. The van der Waals surface area contributed by atoms with Crippen LogP contribution in [0.15, 0.2) is 46.0 Å². The highest BCUT2D eigenvalue weighted by molar-refractivity contribution is 6.02. The number of nitrogens with zero attached hydrogens (tertiary/aromatic N) is 4. The number of rotatable bonds is 3. The summed E-state index contributed by atoms with van der Waals surface area (Å²) in [4.78, 5) is 36.5. The van der Waals surface area contributed by atoms with Gasteiger partial charge in [-0.2, -0.15) is 0 Å². The molecule has 0 aliphatic carbocycles. The molecule has 1 aliphatic rings. The Bertz CT molecular complexity index is 861. The van der Waals surface area contributed by atoms with Crippen molar-refractivity contribution >= 4 is 29.7 Å². The predicted octanol–water partition coefficient (Wildman–Crippen LogP) is 2.67. The molecule has 1 aromatic rings. The summed E-state index contributed by atoms with van der Waals surface area (Å²) >= 11 is 0. The third-order valence-corrected chi connectivity index (χ3v) is 5.00. The fourth-order valence-electron chi connectivity index (χ4n) is 3.01. The molecule has 1 aliphatic heterocycles. The standard InChI is InChI=1S/C22H30N4O4/c1-14(2)11-17-22(30)26(5)18(12-16-9-7-6-8-10-16)21(29)23-13-19(27)25(4)15(3)20(28)24-17/h6-10,12,14-15,17H,11,13H2,1-5H3,(H,23,29)(H,24,28)/b18-12-/t15-,17-/m0/s1. The molecule has 2 rings (SSSR count). The lowest BCUT2D eigenvalue weighted by atomic mass is 10.0. The van der Waals surface area contributed by atoms with Crippen LogP contribution in [0, 0.1) is 5.92 Å². The molecule has 0 spiro atoms. The lowest BCUT2D eigenvalue weighted by Gasteiger charge is -2.28. The Hall–Kier alpha value is -3.16. The fourth-order valence-corrected chi connectivity index (χ4v) is 3.01. The highest BCUT2D eigenvalue weighted by Crippen LogP contribution is 2.18. The van der Waals surface area contributed by atoms with E-state index in [1.165, 1.54) is 23.9 Å². The number of aliphatic hydroxyl groups is 2. The van der Waals surface area contributed by atoms with Crippen LogP contribution < -0.4 is 0 Å². The lowest BCUT2D eigenvalue weighted by Crippen LogP contribution is -2.44. The van der Waals surface area contributed by atoms with Crippen molar-refractivity contribution in [1.29, 1.82) is 0 Å². The number of likely N-dealkylation sites (N-methyl/N-ethyl adjacent to an activating group) is 2. The Labute approximate surface area is 177 Å². The van der Waals surface area contributed by atoms with Crippen molar-refractivity contribution in [3.8, 4) is 0 Å². The molecule has 2 atom stereocenters. The van der Waals surface area contributed by atoms with Crippen LogP contribution >= 0.6 is 0 Å². The first-order chi connectivity index (χ1) is 14.1. The number of carbonyl (C=O) groups is 2. The van der Waals surface area contributed by atoms with E-state index >= 15 is 0 Å². The van der Waals surface area contributed by atoms with Crippen LogP contribution in [-0.2, 0) is 9.59 Å². The van der Waals surface area contributed by atoms with E-state index in [-0.39, 0.29) is 30.0 Å². The van der Waals surface area contributed by atoms with E-state index in [0.717, 1.165) is 5.56 Å². The van der Waals surface area contributed by atoms with Crippen molar-refractivity contribution < 1.29 is 19.8 Å². The normalized spacial score (nSPS) is 23.2. The Kier molecular flexibility index (Phi) is 7.74. The molecule has 2 N–H and O–H groups in total. The van der Waals surface area contributed by atoms with Gasteiger partial charge in [-0.15, -0.1) is 0 Å². The van der Waals surface area contributed by atoms with Gasteiger partial charge in [0.15, 0.2) is 0 Å². The summed E-state index contributed by atoms with van der Waals surface area (Å²) in [6.45, 7) is 5.19. The Morgan fingerprint density at radius 2 is 1.80 bits per heavy atom. The first-order valence-corrected chi connectivity index (χ1v) is 9.92. The third-order valence-electron chi connectivity index (χ3n) is 5.00. The number of hydrogen-bond acceptors (Lipinski definition) is 4. The molecular formula is C22H30N4O4. The number of benzene rings is 1. The van der Waals surface area contributed by atoms with Gasteiger partial charge in [-0.25, -0.2) is 9.98 Å². The Morgan fingerprint density at radius 1 is 1.17 bits per heavy atom. The van der Waals surface area contributed by atoms with E-state index in [9.17, 15) is 19.8 Å². The maximum Gasteiger partial charge on any atom is 0.251 e. The van der Waals surface area contributed by atoms with E-state index in [1.54, 1.807) is 13.0 Å². The van der Waals surface area contributed by atoms with E-state index in [0.29, 0.717) is 6.42 Å². The monoisotopic (exact) mass is 414 g/mol. The molecule has 0 unspecified atom stereocenters. The molecule has 8 nitrogen and oxygen atoms in total. The molecule has 2 amide bonds. The summed E-state index contributed by atoms with van der Waals surface area (Å²) in [6.07, 6.45) is 2.02. The second kappa shape index (κ2) is 10.0. The molecule has 162 valence electrons. The smallest absolute Gasteiger partial charge is 0.251 e. The Morgan fingerprint density at radius 3 is 2.40 bits per heavy atom. The molecule has 0 bridgehead atoms. The minimum absolute atomic E-state index is 0.135. The number of aliphatic hydroxyl groups excluding tert-OH is 2. The quantitative estimate of drug-likeness (QED) is 0.793. The molecule has 1 heterocycles. The molecule has 8 heteroatoms. The molecule has 1 aromatic carbocycles. The zero-order valence-electron chi connectivity index (χ0n) is 18.1. The molecule has 30 heavy (non-hydrogen) atoms. The van der Waals surface area contributed by atoms with Crippen LogP contribution in [0.1, 0.15) is 32.8 Å². The molecule has 0 radical (unpaired) electrons. The summed E-state index contributed by atoms with van der Waals surface area (Å²) in [6, 6.07) is 7.59. The average Bonchev–Trinajstić information content (AvgIpc) is 2.72. The highest BCUT2D eigenvalue weighted by Gasteiger charge is 2.30. The van der Waals surface area contributed by atoms with E-state index < -0.39 is 23.9 Å². The summed E-state index contributed by atoms with van der Waals surface area (Å²) in [5, 5.41) is 21.1. The molecule has 0 aromatic heterocycles. The van der Waals surface area contributed by atoms with Gasteiger partial charge in [-0.3, -0.25) is 9.59 Å². The summed E-state index contributed by atoms with van der Waals surface area (Å²) < 4.78 is 0. The summed E-state index contributed by atoms with van der Waals surface area (Å²) in [5.41, 5.74) is 0.906. The maximum absolute atomic E-state index is 13.3. The predicted molar refractivity (Wildman–Crippen MR) is 118 cm³/mol. The number of carbonyl (C=O) groups excluding carboxylic acids is 2. The second-order valence-corrected chi connectivity index (χ2v) is 7.79. The van der Waals surface area contributed by atoms with Gasteiger partial charge >= 0.3 is 0 Å². The van der Waals surface area contributed by atoms with Gasteiger partial charge < -0.3 is 20.0 Å². The minimum Gasteiger partial charge on any atom is -0.495 e. The number of aliphatic imine (C=N–C) groups is 2. The van der Waals surface area contributed by atoms with Gasteiger partial charge in [-0.1, -0.05) is 44.2 Å². The number of amides is 2. The van der Waals surface area contributed by atoms with Crippen LogP contribution in [0.5, 0.6) is 0 Å². The summed E-state index contributed by atoms with van der Waals surface area (Å²) in [7, 11) is 3.04. The van der Waals surface area contributed by atoms with Gasteiger partial charge in [0.25, 0.3) is 5.91 Å². The molecule has 0 saturated carbocycles. The maximum atomic E-state index is 13.3. The largest absolute Gasteiger partial charge is 0.495 e. The summed E-state index contributed by atoms with van der Waals surface area (Å²) in [5.74, 6) is -1.36. The van der Waals surface area contributed by atoms with Crippen molar-refractivity contribution in [3.63, 3.8) is 0 Å². The van der Waals surface area contributed by atoms with Crippen molar-refractivity contribution in [2.45, 2.75) is 39.3 Å². The van der Waals surface area contributed by atoms with E-state index in [4.69, 9.17) is 0 Å². The van der Waals surface area contributed by atoms with E-state index in [1.807, 2.05) is 44.2 Å². The topological polar surface area (TPSA) is 106 Å². The third kappa shape index (κ3) is 5.68. The average molecular weight is 415 g/mol. The van der Waals surface area contributed by atoms with Gasteiger partial charge in [0, 0.05) is 14.1 Å². The highest BCUT2D eigenvalue weighted by atomic mass is 16.3. The molecule has 0 fully saturated rings. The van der Waals surface area contributed by atoms with Crippen LogP contribution in [-0.4, -0.2) is 76.3 Å². The Balaban J connectivity index is 2.59. The van der Waals surface area contributed by atoms with Gasteiger partial charge in [0.1, 0.15) is 24.3 Å². The van der Waals surface area contributed by atoms with E-state index in [2.05, 4.69) is 9.98 Å². The molecule has 0 saturated heterocycles. The van der Waals surface area contributed by atoms with Crippen molar-refractivity contribution in [1.82, 2.24) is 9.80 Å². The molecular weight excluding hydrogens is 384 g/mol. The minimum atomic E-state index is -0.868. The zero-order valence-corrected chi connectivity index (χ0v) is 18.1. The fraction of sp³-hybridized carbons (Fsp3) is 0.455. The first-order valence-electron chi connectivity index (χ1n) is 9.92. The SMILES string of the molecule is CC(C)C[C@@H]1N=C(O)[C@H](C)N(C)C(=O)CN=C(O)/C(=C/c2ccccc2)N(C)C1=O. The number of hydrogen-bond donors (Lipinski definition) is 2.